The van der Waals surface area contributed by atoms with Crippen LogP contribution in [0.2, 0.25) is 0 Å². The summed E-state index contributed by atoms with van der Waals surface area (Å²) in [5.41, 5.74) is 1.33. The Balaban J connectivity index is 1.74. The SMILES string of the molecule is CCCCCCCc1nc(C)c2c(=O)[nH]c(-c3cc(S(=O)(=O)Nc4cccc(OC)c4)ccc3OCC)nn12. The van der Waals surface area contributed by atoms with E-state index in [9.17, 15) is 13.2 Å². The fraction of sp³-hybridized carbons (Fsp3) is 0.393. The fourth-order valence-electron chi connectivity index (χ4n) is 4.45. The van der Waals surface area contributed by atoms with Crippen LogP contribution in [0.4, 0.5) is 5.69 Å². The average Bonchev–Trinajstić information content (AvgIpc) is 3.24. The van der Waals surface area contributed by atoms with Crippen LogP contribution in [0, 0.1) is 6.92 Å². The van der Waals surface area contributed by atoms with Gasteiger partial charge in [0.1, 0.15) is 17.3 Å². The van der Waals surface area contributed by atoms with Crippen molar-refractivity contribution >= 4 is 21.2 Å². The second-order valence-corrected chi connectivity index (χ2v) is 11.0. The van der Waals surface area contributed by atoms with Crippen molar-refractivity contribution in [2.45, 2.75) is 64.2 Å². The predicted molar refractivity (Wildman–Crippen MR) is 151 cm³/mol. The van der Waals surface area contributed by atoms with Gasteiger partial charge in [-0.05, 0) is 50.6 Å². The molecule has 208 valence electrons. The highest BCUT2D eigenvalue weighted by Crippen LogP contribution is 2.31. The first kappa shape index (κ1) is 28.2. The summed E-state index contributed by atoms with van der Waals surface area (Å²) >= 11 is 0. The molecule has 0 aliphatic rings. The number of H-pyrrole nitrogens is 1. The van der Waals surface area contributed by atoms with Gasteiger partial charge in [-0.25, -0.2) is 17.9 Å². The van der Waals surface area contributed by atoms with Gasteiger partial charge in [-0.2, -0.15) is 0 Å². The number of aromatic nitrogens is 4. The van der Waals surface area contributed by atoms with E-state index in [0.717, 1.165) is 25.7 Å². The molecule has 0 saturated heterocycles. The Morgan fingerprint density at radius 2 is 1.85 bits per heavy atom. The number of nitrogens with zero attached hydrogens (tertiary/aromatic N) is 3. The molecule has 0 fully saturated rings. The molecule has 4 rings (SSSR count). The van der Waals surface area contributed by atoms with E-state index < -0.39 is 10.0 Å². The van der Waals surface area contributed by atoms with Crippen LogP contribution in [0.3, 0.4) is 0 Å². The molecule has 2 heterocycles. The van der Waals surface area contributed by atoms with Gasteiger partial charge < -0.3 is 14.5 Å². The van der Waals surface area contributed by atoms with Crippen molar-refractivity contribution in [3.8, 4) is 22.9 Å². The van der Waals surface area contributed by atoms with Crippen LogP contribution >= 0.6 is 0 Å². The van der Waals surface area contributed by atoms with E-state index >= 15 is 0 Å². The zero-order valence-corrected chi connectivity index (χ0v) is 23.6. The lowest BCUT2D eigenvalue weighted by Gasteiger charge is -2.14. The molecule has 0 spiro atoms. The smallest absolute Gasteiger partial charge is 0.277 e. The Hall–Kier alpha value is -3.86. The summed E-state index contributed by atoms with van der Waals surface area (Å²) in [6.45, 7) is 6.14. The van der Waals surface area contributed by atoms with Crippen LogP contribution in [0.1, 0.15) is 57.5 Å². The molecule has 0 atom stereocenters. The molecule has 0 aliphatic carbocycles. The number of ether oxygens (including phenoxy) is 2. The minimum Gasteiger partial charge on any atom is -0.497 e. The Morgan fingerprint density at radius 3 is 2.59 bits per heavy atom. The zero-order valence-electron chi connectivity index (χ0n) is 22.8. The molecular weight excluding hydrogens is 518 g/mol. The molecule has 4 aromatic rings. The molecular formula is C28H35N5O5S. The third kappa shape index (κ3) is 6.42. The second-order valence-electron chi connectivity index (χ2n) is 9.27. The van der Waals surface area contributed by atoms with Crippen molar-refractivity contribution in [3.63, 3.8) is 0 Å². The molecule has 11 heteroatoms. The van der Waals surface area contributed by atoms with Gasteiger partial charge in [-0.15, -0.1) is 5.10 Å². The monoisotopic (exact) mass is 553 g/mol. The molecule has 2 aromatic carbocycles. The van der Waals surface area contributed by atoms with Crippen LogP contribution in [0.5, 0.6) is 11.5 Å². The van der Waals surface area contributed by atoms with Crippen molar-refractivity contribution in [1.29, 1.82) is 0 Å². The summed E-state index contributed by atoms with van der Waals surface area (Å²) in [6.07, 6.45) is 6.21. The fourth-order valence-corrected chi connectivity index (χ4v) is 5.52. The highest BCUT2D eigenvalue weighted by atomic mass is 32.2. The number of hydrogen-bond donors (Lipinski definition) is 2. The Bertz CT molecular complexity index is 1610. The van der Waals surface area contributed by atoms with Crippen molar-refractivity contribution in [2.75, 3.05) is 18.4 Å². The highest BCUT2D eigenvalue weighted by molar-refractivity contribution is 7.92. The summed E-state index contributed by atoms with van der Waals surface area (Å²) in [5, 5.41) is 4.70. The maximum absolute atomic E-state index is 13.3. The number of aryl methyl sites for hydroxylation is 2. The first-order valence-corrected chi connectivity index (χ1v) is 14.7. The van der Waals surface area contributed by atoms with E-state index in [0.29, 0.717) is 52.8 Å². The Morgan fingerprint density at radius 1 is 1.05 bits per heavy atom. The molecule has 39 heavy (non-hydrogen) atoms. The van der Waals surface area contributed by atoms with Gasteiger partial charge in [0.25, 0.3) is 15.6 Å². The molecule has 0 aliphatic heterocycles. The summed E-state index contributed by atoms with van der Waals surface area (Å²) in [5.74, 6) is 1.82. The highest BCUT2D eigenvalue weighted by Gasteiger charge is 2.21. The lowest BCUT2D eigenvalue weighted by Crippen LogP contribution is -2.17. The number of unbranched alkanes of at least 4 members (excludes halogenated alkanes) is 4. The standard InChI is InChI=1S/C28H35N5O5S/c1-5-7-8-9-10-14-25-29-19(3)26-28(34)30-27(31-33(25)26)23-18-22(15-16-24(23)38-6-2)39(35,36)32-20-12-11-13-21(17-20)37-4/h11-13,15-18,32H,5-10,14H2,1-4H3,(H,30,31,34). The van der Waals surface area contributed by atoms with Crippen LogP contribution < -0.4 is 19.8 Å². The average molecular weight is 554 g/mol. The number of fused-ring (bicyclic) bond motifs is 1. The molecule has 0 bridgehead atoms. The quantitative estimate of drug-likeness (QED) is 0.220. The van der Waals surface area contributed by atoms with Crippen molar-refractivity contribution < 1.29 is 17.9 Å². The summed E-state index contributed by atoms with van der Waals surface area (Å²) in [6, 6.07) is 11.1. The maximum Gasteiger partial charge on any atom is 0.277 e. The molecule has 0 radical (unpaired) electrons. The maximum atomic E-state index is 13.3. The number of benzene rings is 2. The second kappa shape index (κ2) is 12.3. The normalized spacial score (nSPS) is 11.6. The van der Waals surface area contributed by atoms with E-state index in [1.165, 1.54) is 25.7 Å². The van der Waals surface area contributed by atoms with Gasteiger partial charge in [0.2, 0.25) is 0 Å². The third-order valence-electron chi connectivity index (χ3n) is 6.38. The van der Waals surface area contributed by atoms with E-state index in [1.54, 1.807) is 41.8 Å². The minimum absolute atomic E-state index is 0.00974. The lowest BCUT2D eigenvalue weighted by molar-refractivity contribution is 0.341. The van der Waals surface area contributed by atoms with Gasteiger partial charge in [0.15, 0.2) is 11.3 Å². The predicted octanol–water partition coefficient (Wildman–Crippen LogP) is 5.11. The molecule has 0 unspecified atom stereocenters. The number of aromatic amines is 1. The molecule has 2 N–H and O–H groups in total. The zero-order chi connectivity index (χ0) is 28.0. The first-order valence-electron chi connectivity index (χ1n) is 13.2. The number of methoxy groups -OCH3 is 1. The van der Waals surface area contributed by atoms with E-state index in [4.69, 9.17) is 14.6 Å². The van der Waals surface area contributed by atoms with Gasteiger partial charge in [0, 0.05) is 12.5 Å². The van der Waals surface area contributed by atoms with Crippen LogP contribution in [-0.2, 0) is 16.4 Å². The number of sulfonamides is 1. The van der Waals surface area contributed by atoms with Gasteiger partial charge in [-0.3, -0.25) is 9.52 Å². The first-order chi connectivity index (χ1) is 18.8. The van der Waals surface area contributed by atoms with Gasteiger partial charge in [-0.1, -0.05) is 38.7 Å². The summed E-state index contributed by atoms with van der Waals surface area (Å²) < 4.78 is 41.7. The molecule has 0 saturated carbocycles. The van der Waals surface area contributed by atoms with Gasteiger partial charge >= 0.3 is 0 Å². The van der Waals surface area contributed by atoms with E-state index in [-0.39, 0.29) is 16.3 Å². The van der Waals surface area contributed by atoms with Crippen LogP contribution in [-0.4, -0.2) is 41.7 Å². The molecule has 10 nitrogen and oxygen atoms in total. The number of nitrogens with one attached hydrogen (secondary N) is 2. The van der Waals surface area contributed by atoms with Crippen LogP contribution in [0.25, 0.3) is 16.9 Å². The number of imidazole rings is 1. The summed E-state index contributed by atoms with van der Waals surface area (Å²) in [4.78, 5) is 20.5. The molecule has 0 amide bonds. The van der Waals surface area contributed by atoms with E-state index in [2.05, 4.69) is 21.6 Å². The lowest BCUT2D eigenvalue weighted by atomic mass is 10.1. The van der Waals surface area contributed by atoms with Crippen molar-refractivity contribution in [1.82, 2.24) is 19.6 Å². The Labute approximate surface area is 228 Å². The van der Waals surface area contributed by atoms with Crippen LogP contribution in [0.15, 0.2) is 52.2 Å². The number of anilines is 1. The third-order valence-corrected chi connectivity index (χ3v) is 7.76. The topological polar surface area (TPSA) is 128 Å². The van der Waals surface area contributed by atoms with Crippen molar-refractivity contribution in [2.24, 2.45) is 0 Å². The van der Waals surface area contributed by atoms with Gasteiger partial charge in [0.05, 0.1) is 35.6 Å². The largest absolute Gasteiger partial charge is 0.497 e. The summed E-state index contributed by atoms with van der Waals surface area (Å²) in [7, 11) is -2.47. The van der Waals surface area contributed by atoms with E-state index in [1.807, 2.05) is 6.92 Å². The van der Waals surface area contributed by atoms with Crippen molar-refractivity contribution in [3.05, 3.63) is 64.3 Å². The Kier molecular flexibility index (Phi) is 8.90. The number of hydrogen-bond acceptors (Lipinski definition) is 7. The molecule has 2 aromatic heterocycles. The minimum atomic E-state index is -3.98. The number of rotatable bonds is 13.